The van der Waals surface area contributed by atoms with E-state index in [1.54, 1.807) is 12.4 Å². The second kappa shape index (κ2) is 5.48. The minimum absolute atomic E-state index is 0.188. The molecule has 0 aliphatic heterocycles. The number of rotatable bonds is 3. The van der Waals surface area contributed by atoms with Gasteiger partial charge in [0.1, 0.15) is 5.52 Å². The largest absolute Gasteiger partial charge is 0.337 e. The number of aromatic nitrogens is 6. The van der Waals surface area contributed by atoms with E-state index in [1.165, 1.54) is 11.5 Å². The van der Waals surface area contributed by atoms with Crippen LogP contribution in [0.1, 0.15) is 26.5 Å². The number of pyridine rings is 1. The Bertz CT molecular complexity index is 1010. The van der Waals surface area contributed by atoms with Crippen molar-refractivity contribution in [3.05, 3.63) is 30.4 Å². The fourth-order valence-corrected chi connectivity index (χ4v) is 3.34. The summed E-state index contributed by atoms with van der Waals surface area (Å²) in [5.41, 5.74) is 4.38. The first-order chi connectivity index (χ1) is 11.5. The zero-order valence-corrected chi connectivity index (χ0v) is 14.5. The van der Waals surface area contributed by atoms with Crippen molar-refractivity contribution in [3.63, 3.8) is 0 Å². The monoisotopic (exact) mass is 339 g/mol. The zero-order valence-electron chi connectivity index (χ0n) is 13.7. The van der Waals surface area contributed by atoms with Crippen molar-refractivity contribution >= 4 is 44.4 Å². The maximum atomic E-state index is 4.60. The third kappa shape index (κ3) is 2.80. The average Bonchev–Trinajstić information content (AvgIpc) is 3.11. The Hall–Kier alpha value is -2.61. The van der Waals surface area contributed by atoms with Crippen LogP contribution in [0.25, 0.3) is 21.4 Å². The molecule has 0 saturated carbocycles. The molecule has 0 atom stereocenters. The Morgan fingerprint density at radius 3 is 2.79 bits per heavy atom. The molecular formula is C16H17N7S. The van der Waals surface area contributed by atoms with Crippen molar-refractivity contribution < 1.29 is 0 Å². The number of nitrogens with one attached hydrogen (secondary N) is 2. The molecule has 4 aromatic rings. The van der Waals surface area contributed by atoms with Crippen molar-refractivity contribution in [1.29, 1.82) is 0 Å². The molecule has 0 spiro atoms. The molecule has 8 heteroatoms. The Morgan fingerprint density at radius 1 is 1.12 bits per heavy atom. The number of fused-ring (bicyclic) bond motifs is 2. The van der Waals surface area contributed by atoms with Gasteiger partial charge in [-0.2, -0.15) is 9.47 Å². The van der Waals surface area contributed by atoms with Crippen LogP contribution in [-0.4, -0.2) is 29.5 Å². The van der Waals surface area contributed by atoms with E-state index in [0.29, 0.717) is 17.0 Å². The fraction of sp³-hybridized carbons (Fsp3) is 0.312. The first kappa shape index (κ1) is 14.9. The first-order valence-corrected chi connectivity index (χ1v) is 8.43. The highest BCUT2D eigenvalue weighted by Crippen LogP contribution is 2.30. The maximum Gasteiger partial charge on any atom is 0.201 e. The van der Waals surface area contributed by atoms with Gasteiger partial charge in [-0.3, -0.25) is 10.1 Å². The second-order valence-electron chi connectivity index (χ2n) is 6.89. The van der Waals surface area contributed by atoms with Crippen LogP contribution < -0.4 is 5.32 Å². The summed E-state index contributed by atoms with van der Waals surface area (Å²) in [7, 11) is 0. The summed E-state index contributed by atoms with van der Waals surface area (Å²) in [5.74, 6) is 0.707. The molecule has 7 nitrogen and oxygen atoms in total. The van der Waals surface area contributed by atoms with E-state index in [9.17, 15) is 0 Å². The summed E-state index contributed by atoms with van der Waals surface area (Å²) >= 11 is 1.48. The lowest BCUT2D eigenvalue weighted by molar-refractivity contribution is 0.409. The van der Waals surface area contributed by atoms with E-state index in [0.717, 1.165) is 28.0 Å². The Morgan fingerprint density at radius 2 is 1.96 bits per heavy atom. The number of anilines is 2. The normalized spacial score (nSPS) is 12.1. The molecule has 0 aliphatic carbocycles. The number of hydrogen-bond acceptors (Lipinski definition) is 7. The van der Waals surface area contributed by atoms with Gasteiger partial charge in [0.2, 0.25) is 5.65 Å². The highest BCUT2D eigenvalue weighted by atomic mass is 32.1. The molecule has 4 rings (SSSR count). The van der Waals surface area contributed by atoms with E-state index in [-0.39, 0.29) is 5.41 Å². The number of hydrogen-bond donors (Lipinski definition) is 2. The molecule has 4 heterocycles. The van der Waals surface area contributed by atoms with Crippen LogP contribution in [0.15, 0.2) is 24.7 Å². The number of nitrogens with zero attached hydrogens (tertiary/aromatic N) is 5. The quantitative estimate of drug-likeness (QED) is 0.591. The third-order valence-corrected chi connectivity index (χ3v) is 4.36. The van der Waals surface area contributed by atoms with Gasteiger partial charge in [-0.1, -0.05) is 20.8 Å². The lowest BCUT2D eigenvalue weighted by Gasteiger charge is -2.16. The summed E-state index contributed by atoms with van der Waals surface area (Å²) in [6, 6.07) is 2.05. The minimum Gasteiger partial charge on any atom is -0.337 e. The summed E-state index contributed by atoms with van der Waals surface area (Å²) in [6.07, 6.45) is 5.99. The van der Waals surface area contributed by atoms with Crippen molar-refractivity contribution in [2.24, 2.45) is 5.41 Å². The predicted octanol–water partition coefficient (Wildman–Crippen LogP) is 3.69. The van der Waals surface area contributed by atoms with Crippen LogP contribution in [-0.2, 0) is 6.42 Å². The summed E-state index contributed by atoms with van der Waals surface area (Å²) < 4.78 is 5.64. The van der Waals surface area contributed by atoms with E-state index in [4.69, 9.17) is 0 Å². The maximum absolute atomic E-state index is 4.60. The minimum atomic E-state index is 0.188. The average molecular weight is 339 g/mol. The molecule has 0 bridgehead atoms. The molecule has 0 aromatic carbocycles. The van der Waals surface area contributed by atoms with Gasteiger partial charge >= 0.3 is 0 Å². The lowest BCUT2D eigenvalue weighted by atomic mass is 9.90. The van der Waals surface area contributed by atoms with Gasteiger partial charge in [-0.15, -0.1) is 0 Å². The molecule has 24 heavy (non-hydrogen) atoms. The van der Waals surface area contributed by atoms with Crippen LogP contribution in [0.5, 0.6) is 0 Å². The van der Waals surface area contributed by atoms with Crippen LogP contribution >= 0.6 is 11.5 Å². The first-order valence-electron chi connectivity index (χ1n) is 7.66. The van der Waals surface area contributed by atoms with Crippen LogP contribution in [0.2, 0.25) is 0 Å². The molecule has 0 aliphatic rings. The summed E-state index contributed by atoms with van der Waals surface area (Å²) in [4.78, 5) is 13.1. The second-order valence-corrected chi connectivity index (χ2v) is 7.69. The molecule has 122 valence electrons. The highest BCUT2D eigenvalue weighted by Gasteiger charge is 2.17. The van der Waals surface area contributed by atoms with Crippen molar-refractivity contribution in [1.82, 2.24) is 29.5 Å². The van der Waals surface area contributed by atoms with Gasteiger partial charge in [0.05, 0.1) is 22.3 Å². The topological polar surface area (TPSA) is 92.3 Å². The van der Waals surface area contributed by atoms with Crippen molar-refractivity contribution in [2.75, 3.05) is 5.32 Å². The molecular weight excluding hydrogens is 322 g/mol. The molecule has 0 radical (unpaired) electrons. The Balaban J connectivity index is 1.66. The van der Waals surface area contributed by atoms with Crippen LogP contribution in [0, 0.1) is 5.41 Å². The van der Waals surface area contributed by atoms with Gasteiger partial charge in [0.25, 0.3) is 0 Å². The lowest BCUT2D eigenvalue weighted by Crippen LogP contribution is -2.09. The van der Waals surface area contributed by atoms with E-state index >= 15 is 0 Å². The van der Waals surface area contributed by atoms with Crippen LogP contribution in [0.3, 0.4) is 0 Å². The molecule has 4 aromatic heterocycles. The fourth-order valence-electron chi connectivity index (χ4n) is 2.55. The van der Waals surface area contributed by atoms with E-state index in [2.05, 4.69) is 61.7 Å². The Labute approximate surface area is 142 Å². The SMILES string of the molecule is CC(C)(C)Cc1nsc2cc(Nc3[nH]nc4nccnc34)cnc12. The van der Waals surface area contributed by atoms with Gasteiger partial charge in [0.15, 0.2) is 11.3 Å². The van der Waals surface area contributed by atoms with E-state index in [1.807, 2.05) is 6.20 Å². The molecule has 0 amide bonds. The standard InChI is InChI=1S/C16H17N7S/c1-16(2,3)7-10-12-11(24-23-10)6-9(8-19-12)20-15-13-14(21-22-15)18-5-4-17-13/h4-6,8H,7H2,1-3H3,(H2,18,20,21,22). The Kier molecular flexibility index (Phi) is 3.42. The molecule has 2 N–H and O–H groups in total. The number of H-pyrrole nitrogens is 1. The highest BCUT2D eigenvalue weighted by molar-refractivity contribution is 7.13. The van der Waals surface area contributed by atoms with Crippen LogP contribution in [0.4, 0.5) is 11.5 Å². The summed E-state index contributed by atoms with van der Waals surface area (Å²) in [5, 5.41) is 10.3. The zero-order chi connectivity index (χ0) is 16.7. The number of aromatic amines is 1. The smallest absolute Gasteiger partial charge is 0.201 e. The predicted molar refractivity (Wildman–Crippen MR) is 95.5 cm³/mol. The van der Waals surface area contributed by atoms with E-state index < -0.39 is 0 Å². The van der Waals surface area contributed by atoms with Gasteiger partial charge in [-0.05, 0) is 29.4 Å². The van der Waals surface area contributed by atoms with Gasteiger partial charge < -0.3 is 5.32 Å². The summed E-state index contributed by atoms with van der Waals surface area (Å²) in [6.45, 7) is 6.62. The van der Waals surface area contributed by atoms with Gasteiger partial charge in [-0.25, -0.2) is 9.97 Å². The van der Waals surface area contributed by atoms with Crippen molar-refractivity contribution in [3.8, 4) is 0 Å². The molecule has 0 saturated heterocycles. The molecule has 0 fully saturated rings. The third-order valence-electron chi connectivity index (χ3n) is 3.54. The van der Waals surface area contributed by atoms with Gasteiger partial charge in [0, 0.05) is 12.4 Å². The molecule has 0 unspecified atom stereocenters. The van der Waals surface area contributed by atoms with Crippen molar-refractivity contribution in [2.45, 2.75) is 27.2 Å².